The molecule has 2 heterocycles. The lowest BCUT2D eigenvalue weighted by Crippen LogP contribution is -2.27. The highest BCUT2D eigenvalue weighted by molar-refractivity contribution is 9.12. The largest absolute Gasteiger partial charge is 0.292 e. The zero-order chi connectivity index (χ0) is 15.0. The van der Waals surface area contributed by atoms with Crippen LogP contribution >= 0.6 is 43.2 Å². The molecule has 0 atom stereocenters. The summed E-state index contributed by atoms with van der Waals surface area (Å²) in [5, 5.41) is 8.23. The van der Waals surface area contributed by atoms with E-state index in [9.17, 15) is 9.59 Å². The summed E-state index contributed by atoms with van der Waals surface area (Å²) in [6.07, 6.45) is 0. The Labute approximate surface area is 139 Å². The van der Waals surface area contributed by atoms with Gasteiger partial charge >= 0.3 is 0 Å². The van der Waals surface area contributed by atoms with Crippen LogP contribution in [0.15, 0.2) is 42.7 Å². The molecule has 5 nitrogen and oxygen atoms in total. The molecule has 0 radical (unpaired) electrons. The number of hydrogen-bond acceptors (Lipinski definition) is 5. The Hall–Kier alpha value is -1.38. The van der Waals surface area contributed by atoms with Gasteiger partial charge in [-0.2, -0.15) is 0 Å². The number of carbonyl (C=O) groups is 1. The normalized spacial score (nSPS) is 11.0. The molecule has 21 heavy (non-hydrogen) atoms. The van der Waals surface area contributed by atoms with Gasteiger partial charge in [0.2, 0.25) is 0 Å². The van der Waals surface area contributed by atoms with Gasteiger partial charge in [0.15, 0.2) is 5.78 Å². The highest BCUT2D eigenvalue weighted by atomic mass is 79.9. The molecule has 3 rings (SSSR count). The first-order chi connectivity index (χ1) is 10.1. The highest BCUT2D eigenvalue weighted by Crippen LogP contribution is 2.32. The van der Waals surface area contributed by atoms with Crippen molar-refractivity contribution >= 4 is 59.9 Å². The minimum absolute atomic E-state index is 0.140. The fraction of sp³-hybridized carbons (Fsp3) is 0.0769. The monoisotopic (exact) mass is 427 g/mol. The van der Waals surface area contributed by atoms with Gasteiger partial charge in [-0.25, -0.2) is 4.68 Å². The third kappa shape index (κ3) is 2.83. The molecule has 0 fully saturated rings. The fourth-order valence-electron chi connectivity index (χ4n) is 1.88. The van der Waals surface area contributed by atoms with Crippen LogP contribution in [0, 0.1) is 0 Å². The lowest BCUT2D eigenvalue weighted by molar-refractivity contribution is 0.0964. The van der Waals surface area contributed by atoms with E-state index in [1.165, 1.54) is 11.3 Å². The second-order valence-electron chi connectivity index (χ2n) is 4.23. The SMILES string of the molecule is O=C(Cn1nnc2ccccc2c1=O)c1cc(Br)sc1Br. The second-order valence-corrected chi connectivity index (χ2v) is 7.98. The van der Waals surface area contributed by atoms with Crippen molar-refractivity contribution in [3.63, 3.8) is 0 Å². The number of benzene rings is 1. The van der Waals surface area contributed by atoms with Crippen molar-refractivity contribution < 1.29 is 4.79 Å². The molecule has 1 aromatic carbocycles. The Morgan fingerprint density at radius 3 is 2.76 bits per heavy atom. The average molecular weight is 429 g/mol. The molecule has 0 aliphatic heterocycles. The van der Waals surface area contributed by atoms with Crippen molar-refractivity contribution in [2.45, 2.75) is 6.54 Å². The lowest BCUT2D eigenvalue weighted by atomic mass is 10.2. The molecule has 0 saturated carbocycles. The number of nitrogens with zero attached hydrogens (tertiary/aromatic N) is 3. The Morgan fingerprint density at radius 1 is 1.29 bits per heavy atom. The second kappa shape index (κ2) is 5.78. The smallest absolute Gasteiger partial charge is 0.278 e. The van der Waals surface area contributed by atoms with Gasteiger partial charge in [-0.3, -0.25) is 9.59 Å². The van der Waals surface area contributed by atoms with Crippen LogP contribution in [0.3, 0.4) is 0 Å². The van der Waals surface area contributed by atoms with Crippen molar-refractivity contribution in [1.82, 2.24) is 15.0 Å². The molecule has 0 spiro atoms. The van der Waals surface area contributed by atoms with E-state index in [1.807, 2.05) is 0 Å². The number of carbonyl (C=O) groups excluding carboxylic acids is 1. The molecular formula is C13H7Br2N3O2S. The average Bonchev–Trinajstić information content (AvgIpc) is 2.81. The molecule has 8 heteroatoms. The summed E-state index contributed by atoms with van der Waals surface area (Å²) in [4.78, 5) is 24.5. The maximum Gasteiger partial charge on any atom is 0.278 e. The zero-order valence-electron chi connectivity index (χ0n) is 10.4. The molecule has 0 bridgehead atoms. The minimum atomic E-state index is -0.320. The Kier molecular flexibility index (Phi) is 4.01. The van der Waals surface area contributed by atoms with E-state index in [0.29, 0.717) is 16.5 Å². The first kappa shape index (κ1) is 14.6. The maximum atomic E-state index is 12.3. The van der Waals surface area contributed by atoms with Crippen molar-refractivity contribution in [3.05, 3.63) is 53.8 Å². The van der Waals surface area contributed by atoms with Gasteiger partial charge in [-0.15, -0.1) is 16.4 Å². The minimum Gasteiger partial charge on any atom is -0.292 e. The van der Waals surface area contributed by atoms with E-state index < -0.39 is 0 Å². The van der Waals surface area contributed by atoms with E-state index in [0.717, 1.165) is 12.3 Å². The quantitative estimate of drug-likeness (QED) is 0.600. The number of thiophene rings is 1. The third-order valence-electron chi connectivity index (χ3n) is 2.88. The van der Waals surface area contributed by atoms with Gasteiger partial charge < -0.3 is 0 Å². The van der Waals surface area contributed by atoms with Gasteiger partial charge in [0, 0.05) is 5.56 Å². The number of rotatable bonds is 3. The fourth-order valence-corrected chi connectivity index (χ4v) is 4.73. The van der Waals surface area contributed by atoms with Crippen LogP contribution < -0.4 is 5.56 Å². The summed E-state index contributed by atoms with van der Waals surface area (Å²) in [5.74, 6) is -0.199. The van der Waals surface area contributed by atoms with Crippen LogP contribution in [-0.4, -0.2) is 20.8 Å². The summed E-state index contributed by atoms with van der Waals surface area (Å²) in [6, 6.07) is 8.64. The molecular weight excluding hydrogens is 422 g/mol. The van der Waals surface area contributed by atoms with E-state index in [-0.39, 0.29) is 17.9 Å². The Balaban J connectivity index is 1.99. The van der Waals surface area contributed by atoms with Crippen LogP contribution in [-0.2, 0) is 6.54 Å². The predicted octanol–water partition coefficient (Wildman–Crippen LogP) is 3.26. The molecule has 0 aliphatic rings. The van der Waals surface area contributed by atoms with Gasteiger partial charge in [-0.05, 0) is 50.1 Å². The van der Waals surface area contributed by atoms with Crippen LogP contribution in [0.4, 0.5) is 0 Å². The number of fused-ring (bicyclic) bond motifs is 1. The molecule has 0 saturated heterocycles. The highest BCUT2D eigenvalue weighted by Gasteiger charge is 2.16. The third-order valence-corrected chi connectivity index (χ3v) is 5.22. The number of aromatic nitrogens is 3. The predicted molar refractivity (Wildman–Crippen MR) is 87.8 cm³/mol. The lowest BCUT2D eigenvalue weighted by Gasteiger charge is -2.03. The molecule has 0 unspecified atom stereocenters. The summed E-state index contributed by atoms with van der Waals surface area (Å²) in [7, 11) is 0. The summed E-state index contributed by atoms with van der Waals surface area (Å²) in [6.45, 7) is -0.140. The zero-order valence-corrected chi connectivity index (χ0v) is 14.4. The van der Waals surface area contributed by atoms with E-state index in [2.05, 4.69) is 42.2 Å². The summed E-state index contributed by atoms with van der Waals surface area (Å²) in [5.41, 5.74) is 0.721. The van der Waals surface area contributed by atoms with Gasteiger partial charge in [0.25, 0.3) is 5.56 Å². The first-order valence-corrected chi connectivity index (χ1v) is 8.27. The van der Waals surface area contributed by atoms with Crippen molar-refractivity contribution in [1.29, 1.82) is 0 Å². The number of Topliss-reactive ketones (excluding diaryl/α,β-unsaturated/α-hetero) is 1. The Bertz CT molecular complexity index is 904. The molecule has 0 amide bonds. The van der Waals surface area contributed by atoms with Crippen LogP contribution in [0.1, 0.15) is 10.4 Å². The van der Waals surface area contributed by atoms with Crippen molar-refractivity contribution in [2.75, 3.05) is 0 Å². The molecule has 3 aromatic rings. The van der Waals surface area contributed by atoms with E-state index in [1.54, 1.807) is 30.3 Å². The van der Waals surface area contributed by atoms with Crippen LogP contribution in [0.25, 0.3) is 10.9 Å². The van der Waals surface area contributed by atoms with Crippen LogP contribution in [0.5, 0.6) is 0 Å². The molecule has 0 aliphatic carbocycles. The summed E-state index contributed by atoms with van der Waals surface area (Å²) < 4.78 is 2.65. The van der Waals surface area contributed by atoms with Gasteiger partial charge in [0.1, 0.15) is 12.1 Å². The van der Waals surface area contributed by atoms with E-state index in [4.69, 9.17) is 0 Å². The standard InChI is InChI=1S/C13H7Br2N3O2S/c14-11-5-8(12(15)21-11)10(19)6-18-13(20)7-3-1-2-4-9(7)16-17-18/h1-5H,6H2. The van der Waals surface area contributed by atoms with E-state index >= 15 is 0 Å². The van der Waals surface area contributed by atoms with Crippen molar-refractivity contribution in [2.24, 2.45) is 0 Å². The molecule has 106 valence electrons. The van der Waals surface area contributed by atoms with Crippen LogP contribution in [0.2, 0.25) is 0 Å². The topological polar surface area (TPSA) is 64.8 Å². The first-order valence-electron chi connectivity index (χ1n) is 5.87. The van der Waals surface area contributed by atoms with Crippen molar-refractivity contribution in [3.8, 4) is 0 Å². The summed E-state index contributed by atoms with van der Waals surface area (Å²) >= 11 is 8.06. The molecule has 2 aromatic heterocycles. The molecule has 0 N–H and O–H groups in total. The van der Waals surface area contributed by atoms with Gasteiger partial charge in [0.05, 0.1) is 13.0 Å². The van der Waals surface area contributed by atoms with Gasteiger partial charge in [-0.1, -0.05) is 17.3 Å². The number of halogens is 2. The maximum absolute atomic E-state index is 12.3. The Morgan fingerprint density at radius 2 is 2.05 bits per heavy atom. The number of hydrogen-bond donors (Lipinski definition) is 0. The number of ketones is 1.